The van der Waals surface area contributed by atoms with Crippen molar-refractivity contribution in [2.24, 2.45) is 5.92 Å². The molecule has 0 aromatic rings. The molecule has 1 atom stereocenters. The monoisotopic (exact) mass is 203 g/mol. The van der Waals surface area contributed by atoms with E-state index in [0.29, 0.717) is 12.2 Å². The highest BCUT2D eigenvalue weighted by Gasteiger charge is 2.22. The van der Waals surface area contributed by atoms with Gasteiger partial charge < -0.3 is 10.4 Å². The first-order valence-electron chi connectivity index (χ1n) is 4.24. The Hall–Kier alpha value is -0.710. The molecule has 1 amide bonds. The topological polar surface area (TPSA) is 66.4 Å². The van der Waals surface area contributed by atoms with Crippen molar-refractivity contribution in [1.29, 1.82) is 0 Å². The molecular weight excluding hydrogens is 190 g/mol. The van der Waals surface area contributed by atoms with Gasteiger partial charge in [0.05, 0.1) is 0 Å². The highest BCUT2D eigenvalue weighted by atomic mass is 32.2. The van der Waals surface area contributed by atoms with Crippen molar-refractivity contribution in [2.45, 2.75) is 18.9 Å². The number of carbonyl (C=O) groups excluding carboxylic acids is 1. The van der Waals surface area contributed by atoms with Gasteiger partial charge in [0.2, 0.25) is 6.41 Å². The van der Waals surface area contributed by atoms with Gasteiger partial charge in [0.15, 0.2) is 0 Å². The molecule has 0 heterocycles. The first kappa shape index (κ1) is 10.4. The van der Waals surface area contributed by atoms with Crippen LogP contribution in [0.25, 0.3) is 0 Å². The van der Waals surface area contributed by atoms with Gasteiger partial charge in [-0.2, -0.15) is 11.8 Å². The van der Waals surface area contributed by atoms with Gasteiger partial charge in [-0.05, 0) is 24.5 Å². The minimum Gasteiger partial charge on any atom is -0.480 e. The predicted molar refractivity (Wildman–Crippen MR) is 50.7 cm³/mol. The number of amides is 1. The molecule has 0 aromatic heterocycles. The van der Waals surface area contributed by atoms with Crippen LogP contribution in [0.4, 0.5) is 0 Å². The number of hydrogen-bond acceptors (Lipinski definition) is 3. The fraction of sp³-hybridized carbons (Fsp3) is 0.750. The second-order valence-corrected chi connectivity index (χ2v) is 4.23. The fourth-order valence-electron chi connectivity index (χ4n) is 0.910. The maximum absolute atomic E-state index is 10.5. The van der Waals surface area contributed by atoms with Crippen molar-refractivity contribution in [3.05, 3.63) is 0 Å². The van der Waals surface area contributed by atoms with Crippen molar-refractivity contribution < 1.29 is 14.7 Å². The Bertz CT molecular complexity index is 194. The predicted octanol–water partition coefficient (Wildman–Crippen LogP) is 0.329. The number of carbonyl (C=O) groups is 2. The number of hydrogen-bond donors (Lipinski definition) is 2. The molecular formula is C8H13NO3S. The average molecular weight is 203 g/mol. The van der Waals surface area contributed by atoms with Crippen LogP contribution in [0.3, 0.4) is 0 Å². The molecule has 1 aliphatic rings. The quantitative estimate of drug-likeness (QED) is 0.585. The van der Waals surface area contributed by atoms with Crippen LogP contribution in [0.1, 0.15) is 12.8 Å². The molecule has 1 unspecified atom stereocenters. The molecule has 1 fully saturated rings. The zero-order valence-electron chi connectivity index (χ0n) is 7.23. The molecule has 0 aromatic carbocycles. The van der Waals surface area contributed by atoms with E-state index in [-0.39, 0.29) is 0 Å². The Morgan fingerprint density at radius 1 is 1.69 bits per heavy atom. The SMILES string of the molecule is O=CNC(CSCC1CC1)C(=O)O. The Morgan fingerprint density at radius 3 is 2.85 bits per heavy atom. The number of thioether (sulfide) groups is 1. The van der Waals surface area contributed by atoms with Crippen molar-refractivity contribution >= 4 is 24.1 Å². The maximum Gasteiger partial charge on any atom is 0.327 e. The van der Waals surface area contributed by atoms with E-state index in [4.69, 9.17) is 5.11 Å². The third kappa shape index (κ3) is 4.17. The molecule has 13 heavy (non-hydrogen) atoms. The van der Waals surface area contributed by atoms with Crippen LogP contribution in [0.2, 0.25) is 0 Å². The van der Waals surface area contributed by atoms with Crippen molar-refractivity contribution in [1.82, 2.24) is 5.32 Å². The molecule has 0 spiro atoms. The molecule has 1 aliphatic carbocycles. The van der Waals surface area contributed by atoms with Crippen molar-refractivity contribution in [3.63, 3.8) is 0 Å². The number of aliphatic carboxylic acids is 1. The zero-order valence-corrected chi connectivity index (χ0v) is 8.05. The van der Waals surface area contributed by atoms with Gasteiger partial charge >= 0.3 is 5.97 Å². The standard InChI is InChI=1S/C8H13NO3S/c10-5-9-7(8(11)12)4-13-3-6-1-2-6/h5-7H,1-4H2,(H,9,10)(H,11,12). The Morgan fingerprint density at radius 2 is 2.38 bits per heavy atom. The molecule has 0 bridgehead atoms. The highest BCUT2D eigenvalue weighted by molar-refractivity contribution is 7.99. The van der Waals surface area contributed by atoms with E-state index < -0.39 is 12.0 Å². The van der Waals surface area contributed by atoms with Crippen molar-refractivity contribution in [2.75, 3.05) is 11.5 Å². The molecule has 5 heteroatoms. The van der Waals surface area contributed by atoms with Gasteiger partial charge in [0.1, 0.15) is 6.04 Å². The molecule has 0 aliphatic heterocycles. The number of carboxylic acids is 1. The normalized spacial score (nSPS) is 17.8. The second kappa shape index (κ2) is 5.11. The molecule has 0 radical (unpaired) electrons. The lowest BCUT2D eigenvalue weighted by atomic mass is 10.3. The van der Waals surface area contributed by atoms with Crippen LogP contribution in [0.5, 0.6) is 0 Å². The van der Waals surface area contributed by atoms with E-state index in [9.17, 15) is 9.59 Å². The Balaban J connectivity index is 2.12. The van der Waals surface area contributed by atoms with Gasteiger partial charge in [-0.25, -0.2) is 4.79 Å². The van der Waals surface area contributed by atoms with Crippen molar-refractivity contribution in [3.8, 4) is 0 Å². The summed E-state index contributed by atoms with van der Waals surface area (Å²) in [6, 6.07) is -0.735. The third-order valence-corrected chi connectivity index (χ3v) is 3.18. The molecule has 2 N–H and O–H groups in total. The summed E-state index contributed by atoms with van der Waals surface area (Å²) < 4.78 is 0. The largest absolute Gasteiger partial charge is 0.480 e. The third-order valence-electron chi connectivity index (χ3n) is 1.90. The van der Waals surface area contributed by atoms with Crippen LogP contribution >= 0.6 is 11.8 Å². The zero-order chi connectivity index (χ0) is 9.68. The van der Waals surface area contributed by atoms with Gasteiger partial charge in [-0.3, -0.25) is 4.79 Å². The van der Waals surface area contributed by atoms with Gasteiger partial charge in [-0.1, -0.05) is 0 Å². The fourth-order valence-corrected chi connectivity index (χ4v) is 2.19. The highest BCUT2D eigenvalue weighted by Crippen LogP contribution is 2.32. The van der Waals surface area contributed by atoms with Crippen LogP contribution in [0, 0.1) is 5.92 Å². The summed E-state index contributed by atoms with van der Waals surface area (Å²) in [5, 5.41) is 10.9. The van der Waals surface area contributed by atoms with Crippen LogP contribution in [0.15, 0.2) is 0 Å². The Kier molecular flexibility index (Phi) is 4.08. The molecule has 74 valence electrons. The summed E-state index contributed by atoms with van der Waals surface area (Å²) in [6.45, 7) is 0. The summed E-state index contributed by atoms with van der Waals surface area (Å²) in [4.78, 5) is 20.6. The minimum absolute atomic E-state index is 0.441. The lowest BCUT2D eigenvalue weighted by molar-refractivity contribution is -0.139. The van der Waals surface area contributed by atoms with Gasteiger partial charge in [0.25, 0.3) is 0 Å². The van der Waals surface area contributed by atoms with Crippen LogP contribution in [-0.2, 0) is 9.59 Å². The summed E-state index contributed by atoms with van der Waals surface area (Å²) >= 11 is 1.60. The summed E-state index contributed by atoms with van der Waals surface area (Å²) in [6.07, 6.45) is 2.98. The van der Waals surface area contributed by atoms with E-state index in [1.165, 1.54) is 12.8 Å². The van der Waals surface area contributed by atoms with E-state index in [0.717, 1.165) is 11.7 Å². The van der Waals surface area contributed by atoms with E-state index in [2.05, 4.69) is 5.32 Å². The van der Waals surface area contributed by atoms with Gasteiger partial charge in [-0.15, -0.1) is 0 Å². The average Bonchev–Trinajstić information content (AvgIpc) is 2.86. The van der Waals surface area contributed by atoms with E-state index >= 15 is 0 Å². The van der Waals surface area contributed by atoms with Crippen LogP contribution in [-0.4, -0.2) is 35.0 Å². The van der Waals surface area contributed by atoms with Gasteiger partial charge in [0, 0.05) is 5.75 Å². The minimum atomic E-state index is -0.963. The maximum atomic E-state index is 10.5. The number of nitrogens with one attached hydrogen (secondary N) is 1. The summed E-state index contributed by atoms with van der Waals surface area (Å²) in [7, 11) is 0. The first-order chi connectivity index (χ1) is 6.24. The van der Waals surface area contributed by atoms with E-state index in [1.807, 2.05) is 0 Å². The lowest BCUT2D eigenvalue weighted by Gasteiger charge is -2.09. The molecule has 0 saturated heterocycles. The second-order valence-electron chi connectivity index (χ2n) is 3.16. The van der Waals surface area contributed by atoms with Crippen LogP contribution < -0.4 is 5.32 Å². The van der Waals surface area contributed by atoms with E-state index in [1.54, 1.807) is 11.8 Å². The first-order valence-corrected chi connectivity index (χ1v) is 5.39. The summed E-state index contributed by atoms with van der Waals surface area (Å²) in [5.41, 5.74) is 0. The molecule has 1 saturated carbocycles. The molecule has 1 rings (SSSR count). The summed E-state index contributed by atoms with van der Waals surface area (Å²) in [5.74, 6) is 1.31. The number of carboxylic acid groups (broad SMARTS) is 1. The Labute approximate surface area is 81.1 Å². The smallest absolute Gasteiger partial charge is 0.327 e. The lowest BCUT2D eigenvalue weighted by Crippen LogP contribution is -2.37. The number of rotatable bonds is 7. The molecule has 4 nitrogen and oxygen atoms in total.